The number of benzene rings is 2. The number of aliphatic hydroxyl groups is 1. The molecular weight excluding hydrogens is 410 g/mol. The molecule has 2 aromatic rings. The first-order valence-corrected chi connectivity index (χ1v) is 10.9. The Hall–Kier alpha value is -1.84. The van der Waals surface area contributed by atoms with Gasteiger partial charge in [-0.05, 0) is 72.4 Å². The zero-order valence-electron chi connectivity index (χ0n) is 16.0. The summed E-state index contributed by atoms with van der Waals surface area (Å²) in [4.78, 5) is 13.3. The third-order valence-corrected chi connectivity index (χ3v) is 7.61. The number of aryl methyl sites for hydroxylation is 1. The molecule has 3 aliphatic rings. The van der Waals surface area contributed by atoms with Gasteiger partial charge in [0.05, 0.1) is 10.6 Å². The minimum atomic E-state index is -0.511. The van der Waals surface area contributed by atoms with E-state index >= 15 is 0 Å². The van der Waals surface area contributed by atoms with Gasteiger partial charge in [0.25, 0.3) is 0 Å². The summed E-state index contributed by atoms with van der Waals surface area (Å²) in [5.41, 5.74) is 2.92. The molecule has 0 unspecified atom stereocenters. The van der Waals surface area contributed by atoms with Crippen LogP contribution in [0.5, 0.6) is 0 Å². The fourth-order valence-electron chi connectivity index (χ4n) is 5.88. The van der Waals surface area contributed by atoms with Gasteiger partial charge < -0.3 is 5.11 Å². The number of hydrogen-bond acceptors (Lipinski definition) is 2. The van der Waals surface area contributed by atoms with Crippen LogP contribution in [0.1, 0.15) is 37.3 Å². The minimum absolute atomic E-state index is 0.0412. The summed E-state index contributed by atoms with van der Waals surface area (Å²) in [7, 11) is 0. The summed E-state index contributed by atoms with van der Waals surface area (Å²) >= 11 is 12.2. The van der Waals surface area contributed by atoms with E-state index in [9.17, 15) is 14.3 Å². The lowest BCUT2D eigenvalue weighted by molar-refractivity contribution is -0.118. The fourth-order valence-corrected chi connectivity index (χ4v) is 6.46. The normalized spacial score (nSPS) is 27.8. The summed E-state index contributed by atoms with van der Waals surface area (Å²) in [6.45, 7) is 2.01. The van der Waals surface area contributed by atoms with Crippen molar-refractivity contribution in [2.24, 2.45) is 23.7 Å². The summed E-state index contributed by atoms with van der Waals surface area (Å²) in [6.07, 6.45) is 3.91. The van der Waals surface area contributed by atoms with E-state index in [4.69, 9.17) is 23.2 Å². The summed E-state index contributed by atoms with van der Waals surface area (Å²) in [6, 6.07) is 8.24. The van der Waals surface area contributed by atoms with Gasteiger partial charge in [0.2, 0.25) is 0 Å². The number of fused-ring (bicyclic) bond motifs is 5. The van der Waals surface area contributed by atoms with Crippen LogP contribution in [-0.2, 0) is 11.2 Å². The molecule has 0 amide bonds. The van der Waals surface area contributed by atoms with E-state index in [0.717, 1.165) is 24.8 Å². The van der Waals surface area contributed by atoms with Crippen LogP contribution in [0.4, 0.5) is 4.39 Å². The topological polar surface area (TPSA) is 37.3 Å². The van der Waals surface area contributed by atoms with Crippen LogP contribution >= 0.6 is 23.2 Å². The molecule has 2 nitrogen and oxygen atoms in total. The van der Waals surface area contributed by atoms with E-state index in [2.05, 4.69) is 0 Å². The van der Waals surface area contributed by atoms with Crippen LogP contribution < -0.4 is 0 Å². The maximum Gasteiger partial charge on any atom is 0.170 e. The Morgan fingerprint density at radius 2 is 1.83 bits per heavy atom. The fraction of sp³-hybridized carbons (Fsp3) is 0.375. The van der Waals surface area contributed by atoms with Gasteiger partial charge >= 0.3 is 0 Å². The third kappa shape index (κ3) is 2.78. The molecule has 1 N–H and O–H groups in total. The van der Waals surface area contributed by atoms with E-state index in [-0.39, 0.29) is 39.0 Å². The molecule has 0 radical (unpaired) electrons. The largest absolute Gasteiger partial charge is 0.511 e. The summed E-state index contributed by atoms with van der Waals surface area (Å²) in [5.74, 6) is 0.435. The molecule has 0 saturated heterocycles. The average Bonchev–Trinajstić information content (AvgIpc) is 3.35. The van der Waals surface area contributed by atoms with E-state index in [1.165, 1.54) is 12.1 Å². The van der Waals surface area contributed by atoms with Gasteiger partial charge in [-0.1, -0.05) is 42.3 Å². The second-order valence-electron chi connectivity index (χ2n) is 8.48. The molecule has 2 bridgehead atoms. The maximum atomic E-state index is 14.6. The number of Topliss-reactive ketones (excluding diaryl/α,β-unsaturated/α-hetero) is 1. The van der Waals surface area contributed by atoms with Gasteiger partial charge in [-0.25, -0.2) is 4.39 Å². The minimum Gasteiger partial charge on any atom is -0.511 e. The van der Waals surface area contributed by atoms with Crippen molar-refractivity contribution in [2.45, 2.75) is 32.6 Å². The molecule has 2 aromatic carbocycles. The molecule has 4 atom stereocenters. The molecule has 150 valence electrons. The van der Waals surface area contributed by atoms with Gasteiger partial charge in [0.15, 0.2) is 5.78 Å². The van der Waals surface area contributed by atoms with Crippen molar-refractivity contribution >= 4 is 34.6 Å². The molecule has 29 heavy (non-hydrogen) atoms. The molecule has 0 aliphatic heterocycles. The van der Waals surface area contributed by atoms with Crippen LogP contribution in [0.15, 0.2) is 36.1 Å². The molecular formula is C24H21Cl2FO2. The third-order valence-electron chi connectivity index (χ3n) is 7.09. The van der Waals surface area contributed by atoms with Crippen LogP contribution in [-0.4, -0.2) is 10.9 Å². The van der Waals surface area contributed by atoms with E-state index in [1.54, 1.807) is 6.07 Å². The monoisotopic (exact) mass is 430 g/mol. The highest BCUT2D eigenvalue weighted by Gasteiger charge is 2.57. The molecule has 2 saturated carbocycles. The van der Waals surface area contributed by atoms with Crippen molar-refractivity contribution in [1.82, 2.24) is 0 Å². The van der Waals surface area contributed by atoms with Crippen molar-refractivity contribution in [3.63, 3.8) is 0 Å². The SMILES string of the molecule is CCc1ccc(-c2c(F)cc(Cl)cc2Cl)cc1C1=C(O)[C@@H]2[C@@H]3CC[C@@H](C3)[C@@H]2C1=O. The van der Waals surface area contributed by atoms with Crippen LogP contribution in [0.25, 0.3) is 16.7 Å². The Bertz CT molecular complexity index is 1050. The van der Waals surface area contributed by atoms with Gasteiger partial charge in [0.1, 0.15) is 11.6 Å². The highest BCUT2D eigenvalue weighted by Crippen LogP contribution is 2.60. The summed E-state index contributed by atoms with van der Waals surface area (Å²) in [5, 5.41) is 11.5. The molecule has 0 aromatic heterocycles. The van der Waals surface area contributed by atoms with Crippen LogP contribution in [0.2, 0.25) is 10.0 Å². The Kier molecular flexibility index (Phi) is 4.52. The quantitative estimate of drug-likeness (QED) is 0.576. The van der Waals surface area contributed by atoms with Crippen molar-refractivity contribution in [3.8, 4) is 11.1 Å². The van der Waals surface area contributed by atoms with Gasteiger partial charge in [-0.2, -0.15) is 0 Å². The molecule has 5 heteroatoms. The van der Waals surface area contributed by atoms with E-state index in [0.29, 0.717) is 35.0 Å². The zero-order valence-corrected chi connectivity index (χ0v) is 17.5. The Morgan fingerprint density at radius 3 is 2.48 bits per heavy atom. The first-order chi connectivity index (χ1) is 13.9. The lowest BCUT2D eigenvalue weighted by atomic mass is 9.80. The predicted molar refractivity (Wildman–Crippen MR) is 114 cm³/mol. The highest BCUT2D eigenvalue weighted by molar-refractivity contribution is 6.36. The lowest BCUT2D eigenvalue weighted by Gasteiger charge is -2.23. The number of rotatable bonds is 3. The second-order valence-corrected chi connectivity index (χ2v) is 9.32. The number of allylic oxidation sites excluding steroid dienone is 2. The van der Waals surface area contributed by atoms with Gasteiger partial charge in [-0.3, -0.25) is 4.79 Å². The number of carbonyl (C=O) groups excluding carboxylic acids is 1. The smallest absolute Gasteiger partial charge is 0.170 e. The molecule has 2 fully saturated rings. The maximum absolute atomic E-state index is 14.6. The van der Waals surface area contributed by atoms with E-state index < -0.39 is 5.82 Å². The zero-order chi connectivity index (χ0) is 20.4. The molecule has 5 rings (SSSR count). The second kappa shape index (κ2) is 6.85. The number of ketones is 1. The molecule has 3 aliphatic carbocycles. The van der Waals surface area contributed by atoms with Crippen molar-refractivity contribution in [3.05, 3.63) is 63.1 Å². The average molecular weight is 431 g/mol. The lowest BCUT2D eigenvalue weighted by Crippen LogP contribution is -2.24. The van der Waals surface area contributed by atoms with Crippen molar-refractivity contribution < 1.29 is 14.3 Å². The summed E-state index contributed by atoms with van der Waals surface area (Å²) < 4.78 is 14.6. The number of hydrogen-bond donors (Lipinski definition) is 1. The van der Waals surface area contributed by atoms with Crippen LogP contribution in [0.3, 0.4) is 0 Å². The number of carbonyl (C=O) groups is 1. The van der Waals surface area contributed by atoms with Crippen LogP contribution in [0, 0.1) is 29.5 Å². The van der Waals surface area contributed by atoms with Gasteiger partial charge in [0, 0.05) is 22.4 Å². The number of halogens is 3. The first kappa shape index (κ1) is 19.1. The Balaban J connectivity index is 1.66. The molecule has 0 spiro atoms. The van der Waals surface area contributed by atoms with Gasteiger partial charge in [-0.15, -0.1) is 0 Å². The Morgan fingerprint density at radius 1 is 1.10 bits per heavy atom. The van der Waals surface area contributed by atoms with Crippen molar-refractivity contribution in [1.29, 1.82) is 0 Å². The first-order valence-electron chi connectivity index (χ1n) is 10.2. The standard InChI is InChI=1S/C24H21Cl2FO2/c1-2-11-3-4-14(19-17(26)9-15(25)10-18(19)27)8-16(11)22-23(28)20-12-5-6-13(7-12)21(20)24(22)29/h3-4,8-10,12-13,20-21,28H,2,5-7H2,1H3/t12-,13+,20-,21+/m1/s1. The van der Waals surface area contributed by atoms with E-state index in [1.807, 2.05) is 19.1 Å². The van der Waals surface area contributed by atoms with Crippen molar-refractivity contribution in [2.75, 3.05) is 0 Å². The predicted octanol–water partition coefficient (Wildman–Crippen LogP) is 6.88. The Labute approximate surface area is 179 Å². The highest BCUT2D eigenvalue weighted by atomic mass is 35.5. The molecule has 0 heterocycles. The number of aliphatic hydroxyl groups excluding tert-OH is 1.